The third-order valence-electron chi connectivity index (χ3n) is 11.0. The zero-order chi connectivity index (χ0) is 36.4. The highest BCUT2D eigenvalue weighted by Crippen LogP contribution is 2.68. The number of amides is 1. The number of aliphatic hydroxyl groups excluding tert-OH is 1. The molecule has 5 rings (SSSR count). The number of fused-ring (bicyclic) bond motifs is 5. The lowest BCUT2D eigenvalue weighted by Crippen LogP contribution is -2.66. The molecule has 1 aromatic rings. The van der Waals surface area contributed by atoms with E-state index < -0.39 is 83.1 Å². The van der Waals surface area contributed by atoms with Crippen molar-refractivity contribution in [2.24, 2.45) is 28.6 Å². The Hall–Kier alpha value is -3.65. The number of nitrogens with zero attached hydrogens (tertiary/aromatic N) is 2. The standard InChI is InChI=1S/C33H42FN3O13/c1-31-15-28(40)33(34)25(8-5-20-14-21(38)11-12-32(20,33)2)24(31)9-10-26(31)27(39)18-47-29(41)16-35-30(42)49-22-6-3-19(4-7-22)13-23(50-37(45)46)17-48-36(43)44/h3-4,6-7,11-12,14,23-26,28,40,43-46H,5,8-10,13,15-18H2,1-2H3,(H,35,42)/t23?,24?,25-,26?,28-,31-,32-,33?/m0/s1. The van der Waals surface area contributed by atoms with E-state index in [2.05, 4.69) is 15.0 Å². The predicted molar refractivity (Wildman–Crippen MR) is 164 cm³/mol. The van der Waals surface area contributed by atoms with Gasteiger partial charge in [0.15, 0.2) is 17.2 Å². The largest absolute Gasteiger partial charge is 0.456 e. The molecule has 0 aromatic heterocycles. The summed E-state index contributed by atoms with van der Waals surface area (Å²) in [4.78, 5) is 59.2. The molecule has 50 heavy (non-hydrogen) atoms. The van der Waals surface area contributed by atoms with Crippen molar-refractivity contribution in [1.82, 2.24) is 16.1 Å². The zero-order valence-corrected chi connectivity index (χ0v) is 27.6. The van der Waals surface area contributed by atoms with Gasteiger partial charge in [-0.25, -0.2) is 18.9 Å². The van der Waals surface area contributed by atoms with E-state index in [9.17, 15) is 24.3 Å². The number of carbonyl (C=O) groups is 4. The molecule has 0 saturated heterocycles. The van der Waals surface area contributed by atoms with E-state index in [4.69, 9.17) is 30.3 Å². The zero-order valence-electron chi connectivity index (χ0n) is 27.6. The summed E-state index contributed by atoms with van der Waals surface area (Å²) in [5, 5.41) is 47.6. The third kappa shape index (κ3) is 7.51. The number of Topliss-reactive ketones (excluding diaryl/α,β-unsaturated/α-hetero) is 1. The number of benzene rings is 1. The number of carbonyl (C=O) groups excluding carboxylic acids is 4. The van der Waals surface area contributed by atoms with Crippen LogP contribution in [0.5, 0.6) is 5.75 Å². The Kier molecular flexibility index (Phi) is 11.2. The topological polar surface area (TPSA) is 225 Å². The predicted octanol–water partition coefficient (Wildman–Crippen LogP) is 2.81. The van der Waals surface area contributed by atoms with Crippen molar-refractivity contribution in [2.45, 2.75) is 70.2 Å². The Balaban J connectivity index is 1.09. The summed E-state index contributed by atoms with van der Waals surface area (Å²) in [5.41, 5.74) is -2.59. The lowest BCUT2D eigenvalue weighted by molar-refractivity contribution is -0.526. The molecule has 4 aliphatic carbocycles. The molecule has 3 saturated carbocycles. The smallest absolute Gasteiger partial charge is 0.413 e. The molecule has 0 bridgehead atoms. The molecule has 4 aliphatic rings. The number of alkyl halides is 1. The summed E-state index contributed by atoms with van der Waals surface area (Å²) in [6, 6.07) is 5.84. The van der Waals surface area contributed by atoms with Crippen LogP contribution in [0.1, 0.15) is 51.5 Å². The molecule has 4 unspecified atom stereocenters. The molecule has 0 aliphatic heterocycles. The molecule has 0 spiro atoms. The highest BCUT2D eigenvalue weighted by molar-refractivity contribution is 6.01. The second-order valence-corrected chi connectivity index (χ2v) is 13.7. The lowest BCUT2D eigenvalue weighted by Gasteiger charge is -2.62. The summed E-state index contributed by atoms with van der Waals surface area (Å²) >= 11 is 0. The molecule has 3 fully saturated rings. The van der Waals surface area contributed by atoms with Gasteiger partial charge in [0, 0.05) is 23.7 Å². The number of allylic oxidation sites excluding steroid dienone is 4. The SMILES string of the molecule is C[C@]12C[C@H](O)C3(F)[C@@H](CCC4=CC(=O)C=C[C@@]43C)C1CCC2C(=O)COC(=O)CNC(=O)Oc1ccc(CC(CON(O)O)ON(O)O)cc1. The van der Waals surface area contributed by atoms with Crippen LogP contribution in [0.2, 0.25) is 0 Å². The molecular weight excluding hydrogens is 665 g/mol. The van der Waals surface area contributed by atoms with Gasteiger partial charge in [0.05, 0.1) is 16.9 Å². The average molecular weight is 708 g/mol. The van der Waals surface area contributed by atoms with Gasteiger partial charge in [-0.3, -0.25) is 35.2 Å². The van der Waals surface area contributed by atoms with Crippen molar-refractivity contribution < 1.29 is 68.7 Å². The summed E-state index contributed by atoms with van der Waals surface area (Å²) < 4.78 is 27.5. The molecule has 6 N–H and O–H groups in total. The maximum absolute atomic E-state index is 17.2. The van der Waals surface area contributed by atoms with Gasteiger partial charge in [-0.05, 0) is 80.2 Å². The number of esters is 1. The van der Waals surface area contributed by atoms with Crippen molar-refractivity contribution in [3.05, 3.63) is 53.6 Å². The van der Waals surface area contributed by atoms with Crippen LogP contribution in [0, 0.1) is 28.6 Å². The van der Waals surface area contributed by atoms with Gasteiger partial charge < -0.3 is 19.9 Å². The van der Waals surface area contributed by atoms with Gasteiger partial charge >= 0.3 is 12.1 Å². The fourth-order valence-corrected chi connectivity index (χ4v) is 8.69. The maximum atomic E-state index is 17.2. The van der Waals surface area contributed by atoms with Crippen LogP contribution < -0.4 is 10.1 Å². The number of hydrogen-bond donors (Lipinski definition) is 6. The highest BCUT2D eigenvalue weighted by Gasteiger charge is 2.70. The lowest BCUT2D eigenvalue weighted by atomic mass is 9.45. The van der Waals surface area contributed by atoms with Crippen molar-refractivity contribution in [2.75, 3.05) is 19.8 Å². The van der Waals surface area contributed by atoms with Crippen molar-refractivity contribution in [3.63, 3.8) is 0 Å². The molecule has 1 aromatic carbocycles. The fourth-order valence-electron chi connectivity index (χ4n) is 8.69. The number of hydrogen-bond acceptors (Lipinski definition) is 15. The number of ketones is 2. The summed E-state index contributed by atoms with van der Waals surface area (Å²) in [5.74, 6) is -2.60. The number of ether oxygens (including phenoxy) is 2. The fraction of sp³-hybridized carbons (Fsp3) is 0.576. The molecule has 274 valence electrons. The van der Waals surface area contributed by atoms with Crippen LogP contribution in [0.25, 0.3) is 0 Å². The first-order valence-electron chi connectivity index (χ1n) is 16.3. The van der Waals surface area contributed by atoms with Crippen molar-refractivity contribution >= 4 is 23.6 Å². The minimum absolute atomic E-state index is 0.0135. The monoisotopic (exact) mass is 707 g/mol. The van der Waals surface area contributed by atoms with Gasteiger partial charge in [-0.1, -0.05) is 30.7 Å². The molecule has 0 heterocycles. The number of nitrogens with one attached hydrogen (secondary N) is 1. The summed E-state index contributed by atoms with van der Waals surface area (Å²) in [7, 11) is 0. The number of rotatable bonds is 13. The van der Waals surface area contributed by atoms with Crippen molar-refractivity contribution in [3.8, 4) is 5.75 Å². The maximum Gasteiger partial charge on any atom is 0.413 e. The molecule has 1 amide bonds. The van der Waals surface area contributed by atoms with E-state index >= 15 is 4.39 Å². The third-order valence-corrected chi connectivity index (χ3v) is 11.0. The Morgan fingerprint density at radius 2 is 1.76 bits per heavy atom. The second-order valence-electron chi connectivity index (χ2n) is 13.7. The van der Waals surface area contributed by atoms with Crippen LogP contribution in [0.15, 0.2) is 48.1 Å². The van der Waals surface area contributed by atoms with Crippen LogP contribution in [0.4, 0.5) is 9.18 Å². The van der Waals surface area contributed by atoms with Gasteiger partial charge in [0.25, 0.3) is 0 Å². The first kappa shape index (κ1) is 37.6. The Bertz CT molecular complexity index is 1520. The van der Waals surface area contributed by atoms with Crippen LogP contribution >= 0.6 is 0 Å². The van der Waals surface area contributed by atoms with Gasteiger partial charge in [0.1, 0.15) is 31.6 Å². The molecule has 17 heteroatoms. The van der Waals surface area contributed by atoms with Crippen LogP contribution in [-0.4, -0.2) is 98.0 Å². The van der Waals surface area contributed by atoms with E-state index in [-0.39, 0.29) is 36.1 Å². The first-order valence-corrected chi connectivity index (χ1v) is 16.3. The number of aliphatic hydroxyl groups is 1. The second kappa shape index (κ2) is 14.9. The molecule has 8 atom stereocenters. The highest BCUT2D eigenvalue weighted by atomic mass is 19.1. The Morgan fingerprint density at radius 1 is 1.04 bits per heavy atom. The van der Waals surface area contributed by atoms with E-state index in [1.165, 1.54) is 36.4 Å². The Labute approximate surface area is 286 Å². The molecular formula is C33H42FN3O13. The minimum Gasteiger partial charge on any atom is -0.456 e. The quantitative estimate of drug-likeness (QED) is 0.128. The summed E-state index contributed by atoms with van der Waals surface area (Å²) in [6.45, 7) is 2.03. The van der Waals surface area contributed by atoms with Crippen LogP contribution in [-0.2, 0) is 35.2 Å². The Morgan fingerprint density at radius 3 is 2.44 bits per heavy atom. The van der Waals surface area contributed by atoms with E-state index in [0.717, 1.165) is 0 Å². The number of halogens is 1. The average Bonchev–Trinajstić information content (AvgIpc) is 3.39. The van der Waals surface area contributed by atoms with Gasteiger partial charge in [-0.15, -0.1) is 0 Å². The van der Waals surface area contributed by atoms with E-state index in [0.29, 0.717) is 36.8 Å². The van der Waals surface area contributed by atoms with Crippen LogP contribution in [0.3, 0.4) is 0 Å². The van der Waals surface area contributed by atoms with Crippen molar-refractivity contribution in [1.29, 1.82) is 0 Å². The summed E-state index contributed by atoms with van der Waals surface area (Å²) in [6.07, 6.45) is 3.10. The van der Waals surface area contributed by atoms with E-state index in [1.807, 2.05) is 6.92 Å². The van der Waals surface area contributed by atoms with E-state index in [1.54, 1.807) is 13.0 Å². The normalized spacial score (nSPS) is 32.1. The molecule has 0 radical (unpaired) electrons. The minimum atomic E-state index is -1.99. The van der Waals surface area contributed by atoms with Gasteiger partial charge in [0.2, 0.25) is 0 Å². The molecule has 16 nitrogen and oxygen atoms in total. The first-order chi connectivity index (χ1) is 23.6. The van der Waals surface area contributed by atoms with Gasteiger partial charge in [-0.2, -0.15) is 0 Å².